The minimum absolute atomic E-state index is 0.0316. The summed E-state index contributed by atoms with van der Waals surface area (Å²) in [5.41, 5.74) is 0.813. The SMILES string of the molecule is CC(F)(F)/C(O)=C/c1nc2cc3sc(/C=C(\O)C(F)(F)F)nc3cc2s1. The molecule has 2 aromatic heterocycles. The lowest BCUT2D eigenvalue weighted by Crippen LogP contribution is -2.12. The van der Waals surface area contributed by atoms with Crippen LogP contribution < -0.4 is 0 Å². The first-order chi connectivity index (χ1) is 11.9. The number of hydrogen-bond donors (Lipinski definition) is 2. The fraction of sp³-hybridized carbons (Fsp3) is 0.200. The lowest BCUT2D eigenvalue weighted by molar-refractivity contribution is -0.119. The molecule has 26 heavy (non-hydrogen) atoms. The second-order valence-electron chi connectivity index (χ2n) is 5.34. The molecule has 0 saturated heterocycles. The van der Waals surface area contributed by atoms with Gasteiger partial charge in [0.2, 0.25) is 5.76 Å². The zero-order valence-electron chi connectivity index (χ0n) is 12.8. The fourth-order valence-corrected chi connectivity index (χ4v) is 3.79. The number of rotatable bonds is 3. The summed E-state index contributed by atoms with van der Waals surface area (Å²) in [4.78, 5) is 8.11. The van der Waals surface area contributed by atoms with E-state index < -0.39 is 23.6 Å². The Morgan fingerprint density at radius 1 is 0.885 bits per heavy atom. The van der Waals surface area contributed by atoms with E-state index in [4.69, 9.17) is 5.11 Å². The Balaban J connectivity index is 2.01. The van der Waals surface area contributed by atoms with Crippen molar-refractivity contribution in [1.29, 1.82) is 0 Å². The zero-order valence-corrected chi connectivity index (χ0v) is 14.4. The van der Waals surface area contributed by atoms with Gasteiger partial charge in [0.25, 0.3) is 0 Å². The molecule has 0 bridgehead atoms. The first kappa shape index (κ1) is 18.5. The standard InChI is InChI=1S/C15H9F5N2O2S2/c1-14(16,17)10(23)4-12-21-6-2-9-7(3-8(6)25-12)22-13(26-9)5-11(24)15(18,19)20/h2-5,23-24H,1H3/b10-4-,11-5-. The smallest absolute Gasteiger partial charge is 0.448 e. The van der Waals surface area contributed by atoms with Gasteiger partial charge in [0.1, 0.15) is 10.0 Å². The van der Waals surface area contributed by atoms with E-state index in [2.05, 4.69) is 9.97 Å². The molecular weight excluding hydrogens is 399 g/mol. The van der Waals surface area contributed by atoms with Gasteiger partial charge in [-0.1, -0.05) is 0 Å². The van der Waals surface area contributed by atoms with Crippen LogP contribution in [0.1, 0.15) is 16.9 Å². The highest BCUT2D eigenvalue weighted by molar-refractivity contribution is 7.20. The van der Waals surface area contributed by atoms with E-state index in [0.717, 1.165) is 28.7 Å². The van der Waals surface area contributed by atoms with Crippen molar-refractivity contribution in [2.45, 2.75) is 19.0 Å². The predicted octanol–water partition coefficient (Wildman–Crippen LogP) is 5.92. The molecule has 2 heterocycles. The first-order valence-electron chi connectivity index (χ1n) is 6.91. The van der Waals surface area contributed by atoms with E-state index in [1.54, 1.807) is 12.1 Å². The maximum Gasteiger partial charge on any atom is 0.448 e. The van der Waals surface area contributed by atoms with Crippen LogP contribution in [0.15, 0.2) is 23.7 Å². The van der Waals surface area contributed by atoms with Gasteiger partial charge in [-0.25, -0.2) is 9.97 Å². The third kappa shape index (κ3) is 3.78. The van der Waals surface area contributed by atoms with Gasteiger partial charge in [-0.15, -0.1) is 22.7 Å². The topological polar surface area (TPSA) is 66.2 Å². The predicted molar refractivity (Wildman–Crippen MR) is 90.7 cm³/mol. The molecule has 0 saturated carbocycles. The molecule has 0 amide bonds. The monoisotopic (exact) mass is 408 g/mol. The summed E-state index contributed by atoms with van der Waals surface area (Å²) in [5, 5.41) is 18.5. The Labute approximate surface area is 150 Å². The minimum Gasteiger partial charge on any atom is -0.506 e. The molecular formula is C15H9F5N2O2S2. The van der Waals surface area contributed by atoms with Crippen molar-refractivity contribution < 1.29 is 32.2 Å². The van der Waals surface area contributed by atoms with E-state index in [0.29, 0.717) is 33.4 Å². The third-order valence-corrected chi connectivity index (χ3v) is 5.12. The summed E-state index contributed by atoms with van der Waals surface area (Å²) in [7, 11) is 0. The lowest BCUT2D eigenvalue weighted by Gasteiger charge is -2.07. The lowest BCUT2D eigenvalue weighted by atomic mass is 10.3. The molecule has 3 rings (SSSR count). The molecule has 0 unspecified atom stereocenters. The first-order valence-corrected chi connectivity index (χ1v) is 8.55. The number of fused-ring (bicyclic) bond motifs is 2. The number of thiazole rings is 2. The van der Waals surface area contributed by atoms with Crippen LogP contribution in [-0.2, 0) is 0 Å². The zero-order chi connectivity index (χ0) is 19.3. The quantitative estimate of drug-likeness (QED) is 0.417. The molecule has 11 heteroatoms. The van der Waals surface area contributed by atoms with Gasteiger partial charge < -0.3 is 10.2 Å². The van der Waals surface area contributed by atoms with Crippen molar-refractivity contribution in [3.8, 4) is 0 Å². The number of aliphatic hydroxyl groups excluding tert-OH is 2. The summed E-state index contributed by atoms with van der Waals surface area (Å²) < 4.78 is 64.2. The molecule has 1 aromatic carbocycles. The molecule has 138 valence electrons. The Bertz CT molecular complexity index is 913. The number of benzene rings is 1. The second-order valence-corrected chi connectivity index (χ2v) is 7.46. The number of aromatic nitrogens is 2. The van der Waals surface area contributed by atoms with Crippen molar-refractivity contribution >= 4 is 55.3 Å². The molecule has 0 aliphatic heterocycles. The third-order valence-electron chi connectivity index (χ3n) is 3.19. The summed E-state index contributed by atoms with van der Waals surface area (Å²) in [6.45, 7) is 0.553. The number of aliphatic hydroxyl groups is 2. The Morgan fingerprint density at radius 2 is 1.31 bits per heavy atom. The number of hydrogen-bond acceptors (Lipinski definition) is 6. The molecule has 4 nitrogen and oxygen atoms in total. The number of alkyl halides is 5. The Kier molecular flexibility index (Phi) is 4.39. The number of halogens is 5. The van der Waals surface area contributed by atoms with E-state index >= 15 is 0 Å². The summed E-state index contributed by atoms with van der Waals surface area (Å²) in [6, 6.07) is 3.11. The highest BCUT2D eigenvalue weighted by Gasteiger charge is 2.34. The largest absolute Gasteiger partial charge is 0.506 e. The van der Waals surface area contributed by atoms with E-state index in [1.165, 1.54) is 0 Å². The van der Waals surface area contributed by atoms with Crippen LogP contribution in [0.3, 0.4) is 0 Å². The van der Waals surface area contributed by atoms with Gasteiger partial charge >= 0.3 is 12.1 Å². The molecule has 0 atom stereocenters. The molecule has 0 spiro atoms. The minimum atomic E-state index is -4.86. The van der Waals surface area contributed by atoms with Crippen LogP contribution in [-0.4, -0.2) is 32.3 Å². The normalized spacial score (nSPS) is 14.5. The molecule has 3 aromatic rings. The fourth-order valence-electron chi connectivity index (χ4n) is 1.95. The Morgan fingerprint density at radius 3 is 1.69 bits per heavy atom. The van der Waals surface area contributed by atoms with Crippen LogP contribution in [0.5, 0.6) is 0 Å². The molecule has 0 aliphatic rings. The van der Waals surface area contributed by atoms with E-state index in [9.17, 15) is 27.1 Å². The van der Waals surface area contributed by atoms with Crippen LogP contribution in [0.4, 0.5) is 22.0 Å². The van der Waals surface area contributed by atoms with Gasteiger partial charge in [0.15, 0.2) is 5.76 Å². The average molecular weight is 408 g/mol. The van der Waals surface area contributed by atoms with Gasteiger partial charge in [-0.3, -0.25) is 0 Å². The number of allylic oxidation sites excluding steroid dienone is 2. The maximum atomic E-state index is 13.0. The van der Waals surface area contributed by atoms with Crippen molar-refractivity contribution in [2.75, 3.05) is 0 Å². The van der Waals surface area contributed by atoms with Crippen molar-refractivity contribution in [1.82, 2.24) is 9.97 Å². The van der Waals surface area contributed by atoms with Crippen molar-refractivity contribution in [3.63, 3.8) is 0 Å². The summed E-state index contributed by atoms with van der Waals surface area (Å²) >= 11 is 1.94. The van der Waals surface area contributed by atoms with Crippen LogP contribution in [0.2, 0.25) is 0 Å². The molecule has 2 N–H and O–H groups in total. The van der Waals surface area contributed by atoms with Crippen molar-refractivity contribution in [2.24, 2.45) is 0 Å². The van der Waals surface area contributed by atoms with E-state index in [-0.39, 0.29) is 10.0 Å². The summed E-state index contributed by atoms with van der Waals surface area (Å²) in [5.74, 6) is -6.26. The van der Waals surface area contributed by atoms with Gasteiger partial charge in [-0.2, -0.15) is 22.0 Å². The van der Waals surface area contributed by atoms with E-state index in [1.807, 2.05) is 0 Å². The van der Waals surface area contributed by atoms with Crippen molar-refractivity contribution in [3.05, 3.63) is 33.7 Å². The number of nitrogens with zero attached hydrogens (tertiary/aromatic N) is 2. The van der Waals surface area contributed by atoms with Gasteiger partial charge in [-0.05, 0) is 12.1 Å². The second kappa shape index (κ2) is 6.16. The van der Waals surface area contributed by atoms with Crippen LogP contribution in [0, 0.1) is 0 Å². The highest BCUT2D eigenvalue weighted by Crippen LogP contribution is 2.34. The van der Waals surface area contributed by atoms with Crippen LogP contribution in [0.25, 0.3) is 32.6 Å². The van der Waals surface area contributed by atoms with Gasteiger partial charge in [0, 0.05) is 19.1 Å². The Hall–Kier alpha value is -2.27. The molecule has 0 fully saturated rings. The van der Waals surface area contributed by atoms with Gasteiger partial charge in [0.05, 0.1) is 20.4 Å². The highest BCUT2D eigenvalue weighted by atomic mass is 32.1. The maximum absolute atomic E-state index is 13.0. The average Bonchev–Trinajstić information content (AvgIpc) is 3.03. The molecule has 0 aliphatic carbocycles. The molecule has 0 radical (unpaired) electrons. The summed E-state index contributed by atoms with van der Waals surface area (Å²) in [6.07, 6.45) is -3.46. The van der Waals surface area contributed by atoms with Crippen LogP contribution >= 0.6 is 22.7 Å².